The standard InChI is InChI=1S/C40H48O21/c1-19(2)14-40(39(53)55-17-21-5-10-23(11-6-21)56-37-34(50)32(48)30(46)25(16-41)58-37)15-29(45)57-24(36(51)52)13-28(44)54-18-26-31(47)33(49)35(38(59-26)61-40)60-27(43)12-7-20-3-8-22(42)9-4-20/h3-12,19,24-26,30-35,37-38,41-42,46-50H,13-18H2,1-2H3,(H,51,52). The third kappa shape index (κ3) is 12.0. The Balaban J connectivity index is 1.43. The number of aliphatic carboxylic acids is 1. The van der Waals surface area contributed by atoms with E-state index in [-0.39, 0.29) is 17.9 Å². The molecule has 3 heterocycles. The molecule has 334 valence electrons. The highest BCUT2D eigenvalue weighted by molar-refractivity contribution is 5.89. The van der Waals surface area contributed by atoms with Gasteiger partial charge < -0.3 is 78.7 Å². The van der Waals surface area contributed by atoms with Gasteiger partial charge in [0.2, 0.25) is 12.4 Å². The van der Waals surface area contributed by atoms with Crippen molar-refractivity contribution in [3.63, 3.8) is 0 Å². The fourth-order valence-electron chi connectivity index (χ4n) is 6.68. The molecule has 2 aromatic rings. The highest BCUT2D eigenvalue weighted by Crippen LogP contribution is 2.36. The zero-order valence-electron chi connectivity index (χ0n) is 32.8. The fourth-order valence-corrected chi connectivity index (χ4v) is 6.68. The van der Waals surface area contributed by atoms with Crippen molar-refractivity contribution in [1.29, 1.82) is 0 Å². The number of carboxylic acid groups (broad SMARTS) is 1. The lowest BCUT2D eigenvalue weighted by atomic mass is 9.88. The van der Waals surface area contributed by atoms with Crippen molar-refractivity contribution in [3.05, 3.63) is 65.7 Å². The summed E-state index contributed by atoms with van der Waals surface area (Å²) in [6.45, 7) is 1.31. The lowest BCUT2D eigenvalue weighted by molar-refractivity contribution is -0.328. The first kappa shape index (κ1) is 46.8. The fraction of sp³-hybridized carbons (Fsp3) is 0.525. The molecule has 0 spiro atoms. The smallest absolute Gasteiger partial charge is 0.345 e. The van der Waals surface area contributed by atoms with Crippen LogP contribution in [0.4, 0.5) is 0 Å². The van der Waals surface area contributed by atoms with Gasteiger partial charge in [-0.3, -0.25) is 9.59 Å². The normalized spacial score (nSPS) is 32.4. The van der Waals surface area contributed by atoms with Crippen molar-refractivity contribution in [3.8, 4) is 11.5 Å². The summed E-state index contributed by atoms with van der Waals surface area (Å²) in [4.78, 5) is 65.6. The van der Waals surface area contributed by atoms with Crippen LogP contribution in [0.25, 0.3) is 6.08 Å². The summed E-state index contributed by atoms with van der Waals surface area (Å²) in [5, 5.41) is 81.6. The number of ether oxygens (including phenoxy) is 8. The molecule has 2 bridgehead atoms. The van der Waals surface area contributed by atoms with Crippen LogP contribution < -0.4 is 4.74 Å². The van der Waals surface area contributed by atoms with Crippen molar-refractivity contribution in [1.82, 2.24) is 0 Å². The van der Waals surface area contributed by atoms with Crippen molar-refractivity contribution in [2.45, 2.75) is 113 Å². The maximum Gasteiger partial charge on any atom is 0.345 e. The van der Waals surface area contributed by atoms with Gasteiger partial charge >= 0.3 is 29.8 Å². The van der Waals surface area contributed by atoms with Crippen molar-refractivity contribution >= 4 is 35.9 Å². The maximum absolute atomic E-state index is 14.3. The summed E-state index contributed by atoms with van der Waals surface area (Å²) in [6.07, 6.45) is -19.3. The molecule has 5 rings (SSSR count). The molecule has 3 aliphatic heterocycles. The number of esters is 4. The molecule has 3 aliphatic rings. The van der Waals surface area contributed by atoms with E-state index in [1.165, 1.54) is 54.6 Å². The van der Waals surface area contributed by atoms with Crippen LogP contribution in [-0.4, -0.2) is 157 Å². The lowest BCUT2D eigenvalue weighted by Crippen LogP contribution is -2.63. The molecular weight excluding hydrogens is 816 g/mol. The van der Waals surface area contributed by atoms with Crippen molar-refractivity contribution in [2.75, 3.05) is 13.2 Å². The van der Waals surface area contributed by atoms with Gasteiger partial charge in [-0.1, -0.05) is 38.1 Å². The van der Waals surface area contributed by atoms with Gasteiger partial charge in [0.1, 0.15) is 67.4 Å². The molecule has 21 nitrogen and oxygen atoms in total. The minimum absolute atomic E-state index is 0.0322. The number of fused-ring (bicyclic) bond motifs is 2. The van der Waals surface area contributed by atoms with Crippen molar-refractivity contribution < 1.29 is 103 Å². The molecule has 0 saturated carbocycles. The number of cyclic esters (lactones) is 2. The van der Waals surface area contributed by atoms with Crippen LogP contribution in [0.3, 0.4) is 0 Å². The SMILES string of the molecule is CC(C)CC1(C(=O)OCc2ccc(OC3OC(CO)C(O)C(O)C3O)cc2)CC(=O)OC(C(=O)O)CC(=O)OCC2OC(O1)C(OC(=O)C=Cc1ccc(O)cc1)C(O)C2O. The topological polar surface area (TPSA) is 321 Å². The molecule has 3 fully saturated rings. The number of carbonyl (C=O) groups excluding carboxylic acids is 4. The van der Waals surface area contributed by atoms with Gasteiger partial charge in [0.05, 0.1) is 19.4 Å². The zero-order valence-corrected chi connectivity index (χ0v) is 32.8. The van der Waals surface area contributed by atoms with Gasteiger partial charge in [0, 0.05) is 6.08 Å². The van der Waals surface area contributed by atoms with Crippen LogP contribution in [0, 0.1) is 5.92 Å². The first-order valence-electron chi connectivity index (χ1n) is 19.1. The summed E-state index contributed by atoms with van der Waals surface area (Å²) < 4.78 is 44.4. The molecule has 12 unspecified atom stereocenters. The van der Waals surface area contributed by atoms with E-state index >= 15 is 0 Å². The number of phenolic OH excluding ortho intramolecular Hbond substituents is 1. The predicted molar refractivity (Wildman–Crippen MR) is 199 cm³/mol. The van der Waals surface area contributed by atoms with E-state index in [2.05, 4.69) is 0 Å². The van der Waals surface area contributed by atoms with Crippen LogP contribution in [-0.2, 0) is 63.7 Å². The Hall–Kier alpha value is -5.23. The number of carboxylic acids is 1. The first-order valence-corrected chi connectivity index (χ1v) is 19.1. The zero-order chi connectivity index (χ0) is 44.6. The lowest BCUT2D eigenvalue weighted by Gasteiger charge is -2.44. The Morgan fingerprint density at radius 2 is 1.57 bits per heavy atom. The van der Waals surface area contributed by atoms with Crippen LogP contribution in [0.1, 0.15) is 44.2 Å². The maximum atomic E-state index is 14.3. The molecule has 61 heavy (non-hydrogen) atoms. The third-order valence-corrected chi connectivity index (χ3v) is 9.79. The highest BCUT2D eigenvalue weighted by Gasteiger charge is 2.54. The van der Waals surface area contributed by atoms with E-state index in [9.17, 15) is 64.8 Å². The number of carbonyl (C=O) groups is 5. The molecular formula is C40H48O21. The second kappa shape index (κ2) is 20.6. The molecule has 0 aromatic heterocycles. The molecule has 2 aromatic carbocycles. The third-order valence-electron chi connectivity index (χ3n) is 9.79. The number of rotatable bonds is 12. The first-order chi connectivity index (χ1) is 28.9. The monoisotopic (exact) mass is 864 g/mol. The summed E-state index contributed by atoms with van der Waals surface area (Å²) in [7, 11) is 0. The number of phenols is 1. The second-order valence-corrected chi connectivity index (χ2v) is 15.0. The van der Waals surface area contributed by atoms with Crippen LogP contribution in [0.15, 0.2) is 54.6 Å². The predicted octanol–water partition coefficient (Wildman–Crippen LogP) is -1.18. The largest absolute Gasteiger partial charge is 0.508 e. The molecule has 3 saturated heterocycles. The van der Waals surface area contributed by atoms with Gasteiger partial charge in [-0.15, -0.1) is 0 Å². The number of aliphatic hydroxyl groups excluding tert-OH is 6. The summed E-state index contributed by atoms with van der Waals surface area (Å²) in [6, 6.07) is 11.3. The number of hydrogen-bond acceptors (Lipinski definition) is 20. The van der Waals surface area contributed by atoms with Gasteiger partial charge in [-0.2, -0.15) is 0 Å². The van der Waals surface area contributed by atoms with E-state index in [4.69, 9.17) is 37.9 Å². The van der Waals surface area contributed by atoms with E-state index in [0.717, 1.165) is 6.08 Å². The summed E-state index contributed by atoms with van der Waals surface area (Å²) in [5.74, 6) is -7.02. The quantitative estimate of drug-likeness (QED) is 0.0707. The number of benzene rings is 2. The minimum Gasteiger partial charge on any atom is -0.508 e. The summed E-state index contributed by atoms with van der Waals surface area (Å²) in [5.41, 5.74) is -1.66. The van der Waals surface area contributed by atoms with Crippen LogP contribution in [0.5, 0.6) is 11.5 Å². The molecule has 21 heteroatoms. The molecule has 8 N–H and O–H groups in total. The number of aromatic hydroxyl groups is 1. The Bertz CT molecular complexity index is 1860. The Labute approximate surface area is 347 Å². The number of hydrogen-bond donors (Lipinski definition) is 8. The average molecular weight is 865 g/mol. The van der Waals surface area contributed by atoms with Crippen molar-refractivity contribution in [2.24, 2.45) is 5.92 Å². The molecule has 12 atom stereocenters. The van der Waals surface area contributed by atoms with E-state index in [1.807, 2.05) is 0 Å². The Morgan fingerprint density at radius 1 is 0.885 bits per heavy atom. The highest BCUT2D eigenvalue weighted by atomic mass is 16.7. The van der Waals surface area contributed by atoms with E-state index < -0.39 is 142 Å². The molecule has 0 aliphatic carbocycles. The van der Waals surface area contributed by atoms with Crippen LogP contribution in [0.2, 0.25) is 0 Å². The van der Waals surface area contributed by atoms with E-state index in [1.54, 1.807) is 13.8 Å². The van der Waals surface area contributed by atoms with Gasteiger partial charge in [0.25, 0.3) is 0 Å². The Kier molecular flexibility index (Phi) is 15.8. The minimum atomic E-state index is -2.44. The average Bonchev–Trinajstić information content (AvgIpc) is 3.22. The second-order valence-electron chi connectivity index (χ2n) is 15.0. The number of aliphatic hydroxyl groups is 6. The van der Waals surface area contributed by atoms with Crippen LogP contribution >= 0.6 is 0 Å². The van der Waals surface area contributed by atoms with Gasteiger partial charge in [0.15, 0.2) is 18.0 Å². The van der Waals surface area contributed by atoms with E-state index in [0.29, 0.717) is 11.1 Å². The Morgan fingerprint density at radius 3 is 2.21 bits per heavy atom. The van der Waals surface area contributed by atoms with Gasteiger partial charge in [-0.25, -0.2) is 14.4 Å². The molecule has 0 radical (unpaired) electrons. The van der Waals surface area contributed by atoms with Gasteiger partial charge in [-0.05, 0) is 53.8 Å². The summed E-state index contributed by atoms with van der Waals surface area (Å²) >= 11 is 0. The molecule has 0 amide bonds.